The van der Waals surface area contributed by atoms with E-state index in [1.165, 1.54) is 32.0 Å². The third kappa shape index (κ3) is 4.65. The van der Waals surface area contributed by atoms with Crippen molar-refractivity contribution in [2.75, 3.05) is 38.5 Å². The lowest BCUT2D eigenvalue weighted by molar-refractivity contribution is -0.384. The Morgan fingerprint density at radius 1 is 1.42 bits per heavy atom. The van der Waals surface area contributed by atoms with E-state index in [0.29, 0.717) is 18.2 Å². The van der Waals surface area contributed by atoms with Crippen LogP contribution in [0.4, 0.5) is 11.4 Å². The van der Waals surface area contributed by atoms with E-state index in [9.17, 15) is 18.5 Å². The van der Waals surface area contributed by atoms with Crippen molar-refractivity contribution < 1.29 is 13.3 Å². The van der Waals surface area contributed by atoms with Gasteiger partial charge in [0.15, 0.2) is 0 Å². The van der Waals surface area contributed by atoms with Gasteiger partial charge in [-0.05, 0) is 44.5 Å². The predicted molar refractivity (Wildman–Crippen MR) is 92.7 cm³/mol. The van der Waals surface area contributed by atoms with Crippen LogP contribution in [0.25, 0.3) is 0 Å². The lowest BCUT2D eigenvalue weighted by atomic mass is 10.0. The van der Waals surface area contributed by atoms with Crippen molar-refractivity contribution in [2.24, 2.45) is 5.92 Å². The fourth-order valence-corrected chi connectivity index (χ4v) is 3.69. The van der Waals surface area contributed by atoms with E-state index in [-0.39, 0.29) is 10.6 Å². The van der Waals surface area contributed by atoms with Crippen LogP contribution in [0.2, 0.25) is 0 Å². The number of piperidine rings is 1. The molecule has 1 aromatic rings. The van der Waals surface area contributed by atoms with Crippen LogP contribution < -0.4 is 10.0 Å². The monoisotopic (exact) mass is 356 g/mol. The van der Waals surface area contributed by atoms with Crippen LogP contribution in [0.15, 0.2) is 23.1 Å². The maximum atomic E-state index is 11.8. The van der Waals surface area contributed by atoms with E-state index in [2.05, 4.69) is 21.9 Å². The average Bonchev–Trinajstić information content (AvgIpc) is 2.55. The molecular weight excluding hydrogens is 332 g/mol. The second-order valence-corrected chi connectivity index (χ2v) is 8.00. The first-order valence-corrected chi connectivity index (χ1v) is 9.50. The average molecular weight is 356 g/mol. The van der Waals surface area contributed by atoms with Crippen LogP contribution in [0, 0.1) is 16.0 Å². The number of nitrogens with one attached hydrogen (secondary N) is 2. The molecule has 0 spiro atoms. The number of likely N-dealkylation sites (tertiary alicyclic amines) is 1. The lowest BCUT2D eigenvalue weighted by Crippen LogP contribution is -2.37. The molecule has 2 N–H and O–H groups in total. The summed E-state index contributed by atoms with van der Waals surface area (Å²) in [5, 5.41) is 14.3. The number of anilines is 1. The molecule has 1 saturated heterocycles. The summed E-state index contributed by atoms with van der Waals surface area (Å²) in [4.78, 5) is 12.9. The minimum Gasteiger partial charge on any atom is -0.378 e. The van der Waals surface area contributed by atoms with Gasteiger partial charge < -0.3 is 10.2 Å². The van der Waals surface area contributed by atoms with Gasteiger partial charge in [0.25, 0.3) is 5.69 Å². The van der Waals surface area contributed by atoms with Gasteiger partial charge in [0.1, 0.15) is 5.69 Å². The van der Waals surface area contributed by atoms with Crippen LogP contribution in [-0.4, -0.2) is 51.5 Å². The number of rotatable bonds is 7. The molecule has 134 valence electrons. The van der Waals surface area contributed by atoms with E-state index in [0.717, 1.165) is 25.7 Å². The number of hydrogen-bond acceptors (Lipinski definition) is 6. The first-order chi connectivity index (χ1) is 11.3. The lowest BCUT2D eigenvalue weighted by Gasteiger charge is -2.30. The minimum absolute atomic E-state index is 0.118. The van der Waals surface area contributed by atoms with Crippen molar-refractivity contribution in [3.8, 4) is 0 Å². The molecule has 0 amide bonds. The quantitative estimate of drug-likeness (QED) is 0.568. The molecule has 8 nitrogen and oxygen atoms in total. The summed E-state index contributed by atoms with van der Waals surface area (Å²) in [6, 6.07) is 3.89. The summed E-state index contributed by atoms with van der Waals surface area (Å²) >= 11 is 0. The third-order valence-corrected chi connectivity index (χ3v) is 5.64. The van der Waals surface area contributed by atoms with E-state index in [4.69, 9.17) is 0 Å². The zero-order valence-corrected chi connectivity index (χ0v) is 14.8. The molecule has 2 rings (SSSR count). The summed E-state index contributed by atoms with van der Waals surface area (Å²) in [5.74, 6) is 0.680. The highest BCUT2D eigenvalue weighted by Gasteiger charge is 2.21. The van der Waals surface area contributed by atoms with Gasteiger partial charge in [0.05, 0.1) is 9.82 Å². The minimum atomic E-state index is -3.71. The molecule has 0 radical (unpaired) electrons. The van der Waals surface area contributed by atoms with Gasteiger partial charge in [-0.3, -0.25) is 10.1 Å². The summed E-state index contributed by atoms with van der Waals surface area (Å²) in [6.07, 6.45) is 2.43. The van der Waals surface area contributed by atoms with Crippen LogP contribution in [0.1, 0.15) is 19.8 Å². The Morgan fingerprint density at radius 3 is 2.79 bits per heavy atom. The molecule has 1 heterocycles. The number of nitro benzene ring substituents is 1. The third-order valence-electron chi connectivity index (χ3n) is 4.23. The van der Waals surface area contributed by atoms with Gasteiger partial charge in [-0.25, -0.2) is 13.1 Å². The number of hydrogen-bond donors (Lipinski definition) is 2. The SMILES string of the molecule is CNS(=O)(=O)c1ccc(NCCN2CCCC(C)C2)c([N+](=O)[O-])c1. The van der Waals surface area contributed by atoms with Crippen molar-refractivity contribution in [1.29, 1.82) is 0 Å². The van der Waals surface area contributed by atoms with E-state index in [1.54, 1.807) is 0 Å². The Labute approximate surface area is 142 Å². The Balaban J connectivity index is 2.05. The van der Waals surface area contributed by atoms with Crippen molar-refractivity contribution >= 4 is 21.4 Å². The van der Waals surface area contributed by atoms with Crippen molar-refractivity contribution in [1.82, 2.24) is 9.62 Å². The molecule has 0 aliphatic carbocycles. The first kappa shape index (κ1) is 18.6. The Kier molecular flexibility index (Phi) is 6.14. The zero-order valence-electron chi connectivity index (χ0n) is 14.0. The van der Waals surface area contributed by atoms with E-state index in [1.807, 2.05) is 0 Å². The van der Waals surface area contributed by atoms with Crippen LogP contribution in [-0.2, 0) is 10.0 Å². The molecule has 1 unspecified atom stereocenters. The molecule has 1 aromatic carbocycles. The van der Waals surface area contributed by atoms with Crippen LogP contribution >= 0.6 is 0 Å². The topological polar surface area (TPSA) is 105 Å². The van der Waals surface area contributed by atoms with E-state index < -0.39 is 14.9 Å². The van der Waals surface area contributed by atoms with Crippen LogP contribution in [0.5, 0.6) is 0 Å². The fourth-order valence-electron chi connectivity index (χ4n) is 2.94. The predicted octanol–water partition coefficient (Wildman–Crippen LogP) is 1.65. The van der Waals surface area contributed by atoms with Crippen molar-refractivity contribution in [3.63, 3.8) is 0 Å². The van der Waals surface area contributed by atoms with Gasteiger partial charge in [-0.1, -0.05) is 6.92 Å². The smallest absolute Gasteiger partial charge is 0.293 e. The Hall–Kier alpha value is -1.71. The molecule has 1 atom stereocenters. The highest BCUT2D eigenvalue weighted by atomic mass is 32.2. The first-order valence-electron chi connectivity index (χ1n) is 8.01. The second-order valence-electron chi connectivity index (χ2n) is 6.12. The summed E-state index contributed by atoms with van der Waals surface area (Å²) in [6.45, 7) is 5.70. The van der Waals surface area contributed by atoms with Gasteiger partial charge in [0, 0.05) is 25.7 Å². The molecule has 1 fully saturated rings. The maximum absolute atomic E-state index is 11.8. The van der Waals surface area contributed by atoms with Crippen molar-refractivity contribution in [3.05, 3.63) is 28.3 Å². The number of nitro groups is 1. The summed E-state index contributed by atoms with van der Waals surface area (Å²) in [7, 11) is -2.43. The Bertz CT molecular complexity index is 693. The molecule has 1 aliphatic heterocycles. The Morgan fingerprint density at radius 2 is 2.17 bits per heavy atom. The standard InChI is InChI=1S/C15H24N4O4S/c1-12-4-3-8-18(11-12)9-7-17-14-6-5-13(24(22,23)16-2)10-15(14)19(20)21/h5-6,10,12,16-17H,3-4,7-9,11H2,1-2H3. The summed E-state index contributed by atoms with van der Waals surface area (Å²) < 4.78 is 25.7. The molecule has 0 saturated carbocycles. The normalized spacial score (nSPS) is 19.2. The van der Waals surface area contributed by atoms with E-state index >= 15 is 0 Å². The highest BCUT2D eigenvalue weighted by molar-refractivity contribution is 7.89. The second kappa shape index (κ2) is 7.91. The molecule has 9 heteroatoms. The maximum Gasteiger partial charge on any atom is 0.293 e. The molecule has 24 heavy (non-hydrogen) atoms. The molecule has 0 aromatic heterocycles. The fraction of sp³-hybridized carbons (Fsp3) is 0.600. The highest BCUT2D eigenvalue weighted by Crippen LogP contribution is 2.27. The molecular formula is C15H24N4O4S. The molecule has 0 bridgehead atoms. The van der Waals surface area contributed by atoms with Gasteiger partial charge >= 0.3 is 0 Å². The van der Waals surface area contributed by atoms with Crippen LogP contribution in [0.3, 0.4) is 0 Å². The number of sulfonamides is 1. The number of benzene rings is 1. The van der Waals surface area contributed by atoms with Gasteiger partial charge in [-0.2, -0.15) is 0 Å². The zero-order chi connectivity index (χ0) is 17.7. The van der Waals surface area contributed by atoms with Gasteiger partial charge in [0.2, 0.25) is 10.0 Å². The summed E-state index contributed by atoms with van der Waals surface area (Å²) in [5.41, 5.74) is 0.0958. The largest absolute Gasteiger partial charge is 0.378 e. The van der Waals surface area contributed by atoms with Gasteiger partial charge in [-0.15, -0.1) is 0 Å². The molecule has 1 aliphatic rings. The van der Waals surface area contributed by atoms with Crippen molar-refractivity contribution in [2.45, 2.75) is 24.7 Å². The number of nitrogens with zero attached hydrogens (tertiary/aromatic N) is 2.